The lowest BCUT2D eigenvalue weighted by Crippen LogP contribution is -2.14. The van der Waals surface area contributed by atoms with Gasteiger partial charge in [0.15, 0.2) is 5.58 Å². The summed E-state index contributed by atoms with van der Waals surface area (Å²) in [6.07, 6.45) is 0. The number of nitrogen functional groups attached to an aromatic ring is 1. The molecular weight excluding hydrogens is 238 g/mol. The van der Waals surface area contributed by atoms with Crippen molar-refractivity contribution in [3.63, 3.8) is 0 Å². The molecule has 1 aliphatic rings. The lowest BCUT2D eigenvalue weighted by Gasteiger charge is -2.10. The summed E-state index contributed by atoms with van der Waals surface area (Å²) in [5, 5.41) is 0. The van der Waals surface area contributed by atoms with Crippen LogP contribution in [0.5, 0.6) is 0 Å². The molecule has 2 heterocycles. The van der Waals surface area contributed by atoms with E-state index in [4.69, 9.17) is 10.2 Å². The second-order valence-corrected chi connectivity index (χ2v) is 4.85. The molecule has 0 saturated carbocycles. The summed E-state index contributed by atoms with van der Waals surface area (Å²) in [6, 6.07) is 14.5. The number of para-hydroxylation sites is 2. The molecule has 3 aromatic rings. The zero-order valence-electron chi connectivity index (χ0n) is 10.3. The SMILES string of the molecule is Nc1ccc2c(c1)CN(c1nc3ccccc3o1)C2. The van der Waals surface area contributed by atoms with Crippen LogP contribution in [0.4, 0.5) is 11.7 Å². The number of rotatable bonds is 1. The van der Waals surface area contributed by atoms with Crippen LogP contribution in [0.2, 0.25) is 0 Å². The Bertz CT molecular complexity index is 730. The van der Waals surface area contributed by atoms with E-state index in [9.17, 15) is 0 Å². The number of anilines is 2. The van der Waals surface area contributed by atoms with Gasteiger partial charge in [-0.2, -0.15) is 4.98 Å². The van der Waals surface area contributed by atoms with Gasteiger partial charge in [-0.1, -0.05) is 18.2 Å². The average molecular weight is 251 g/mol. The molecule has 0 fully saturated rings. The Labute approximate surface area is 110 Å². The second kappa shape index (κ2) is 3.75. The Hall–Kier alpha value is -2.49. The van der Waals surface area contributed by atoms with Crippen LogP contribution in [0.3, 0.4) is 0 Å². The van der Waals surface area contributed by atoms with Crippen molar-refractivity contribution in [2.45, 2.75) is 13.1 Å². The van der Waals surface area contributed by atoms with Crippen molar-refractivity contribution in [2.75, 3.05) is 10.6 Å². The third-order valence-corrected chi connectivity index (χ3v) is 3.51. The van der Waals surface area contributed by atoms with Gasteiger partial charge >= 0.3 is 0 Å². The van der Waals surface area contributed by atoms with E-state index in [0.29, 0.717) is 6.01 Å². The predicted molar refractivity (Wildman–Crippen MR) is 74.8 cm³/mol. The molecule has 1 aromatic heterocycles. The Morgan fingerprint density at radius 1 is 1.05 bits per heavy atom. The van der Waals surface area contributed by atoms with Crippen LogP contribution < -0.4 is 10.6 Å². The first kappa shape index (κ1) is 10.4. The second-order valence-electron chi connectivity index (χ2n) is 4.85. The maximum absolute atomic E-state index is 5.82. The Morgan fingerprint density at radius 2 is 1.89 bits per heavy atom. The normalized spacial score (nSPS) is 14.0. The number of benzene rings is 2. The maximum Gasteiger partial charge on any atom is 0.298 e. The average Bonchev–Trinajstić information content (AvgIpc) is 3.00. The highest BCUT2D eigenvalue weighted by atomic mass is 16.4. The van der Waals surface area contributed by atoms with E-state index in [1.54, 1.807) is 0 Å². The van der Waals surface area contributed by atoms with Gasteiger partial charge in [-0.15, -0.1) is 0 Å². The molecular formula is C15H13N3O. The van der Waals surface area contributed by atoms with E-state index in [0.717, 1.165) is 29.9 Å². The smallest absolute Gasteiger partial charge is 0.298 e. The summed E-state index contributed by atoms with van der Waals surface area (Å²) in [7, 11) is 0. The minimum Gasteiger partial charge on any atom is -0.423 e. The van der Waals surface area contributed by atoms with Crippen molar-refractivity contribution in [1.82, 2.24) is 4.98 Å². The minimum absolute atomic E-state index is 0.677. The number of oxazole rings is 1. The van der Waals surface area contributed by atoms with Crippen molar-refractivity contribution in [3.05, 3.63) is 53.6 Å². The van der Waals surface area contributed by atoms with Crippen LogP contribution >= 0.6 is 0 Å². The molecule has 0 radical (unpaired) electrons. The molecule has 2 N–H and O–H groups in total. The predicted octanol–water partition coefficient (Wildman–Crippen LogP) is 2.93. The van der Waals surface area contributed by atoms with Gasteiger partial charge in [-0.05, 0) is 35.4 Å². The first-order valence-corrected chi connectivity index (χ1v) is 6.27. The molecule has 4 rings (SSSR count). The minimum atomic E-state index is 0.677. The van der Waals surface area contributed by atoms with Crippen molar-refractivity contribution in [1.29, 1.82) is 0 Å². The molecule has 0 spiro atoms. The summed E-state index contributed by atoms with van der Waals surface area (Å²) < 4.78 is 5.80. The van der Waals surface area contributed by atoms with Crippen molar-refractivity contribution in [2.24, 2.45) is 0 Å². The molecule has 0 saturated heterocycles. The molecule has 4 heteroatoms. The van der Waals surface area contributed by atoms with E-state index >= 15 is 0 Å². The van der Waals surface area contributed by atoms with Crippen molar-refractivity contribution in [3.8, 4) is 0 Å². The number of aromatic nitrogens is 1. The summed E-state index contributed by atoms with van der Waals surface area (Å²) in [5.74, 6) is 0. The lowest BCUT2D eigenvalue weighted by atomic mass is 10.1. The molecule has 0 aliphatic carbocycles. The van der Waals surface area contributed by atoms with E-state index in [1.165, 1.54) is 11.1 Å². The third kappa shape index (κ3) is 1.64. The fourth-order valence-corrected chi connectivity index (χ4v) is 2.55. The molecule has 0 unspecified atom stereocenters. The van der Waals surface area contributed by atoms with Crippen molar-refractivity contribution < 1.29 is 4.42 Å². The highest BCUT2D eigenvalue weighted by Crippen LogP contribution is 2.30. The van der Waals surface area contributed by atoms with Gasteiger partial charge in [-0.3, -0.25) is 0 Å². The van der Waals surface area contributed by atoms with Crippen LogP contribution in [0.15, 0.2) is 46.9 Å². The first-order chi connectivity index (χ1) is 9.29. The molecule has 1 aliphatic heterocycles. The highest BCUT2D eigenvalue weighted by Gasteiger charge is 2.23. The van der Waals surface area contributed by atoms with Gasteiger partial charge in [0.1, 0.15) is 5.52 Å². The highest BCUT2D eigenvalue weighted by molar-refractivity contribution is 5.74. The number of hydrogen-bond donors (Lipinski definition) is 1. The van der Waals surface area contributed by atoms with E-state index in [1.807, 2.05) is 36.4 Å². The standard InChI is InChI=1S/C15H13N3O/c16-12-6-5-10-8-18(9-11(10)7-12)15-17-13-3-1-2-4-14(13)19-15/h1-7H,8-9,16H2. The summed E-state index contributed by atoms with van der Waals surface area (Å²) in [6.45, 7) is 1.62. The fourth-order valence-electron chi connectivity index (χ4n) is 2.55. The molecule has 0 amide bonds. The lowest BCUT2D eigenvalue weighted by molar-refractivity contribution is 0.573. The topological polar surface area (TPSA) is 55.3 Å². The zero-order valence-corrected chi connectivity index (χ0v) is 10.3. The molecule has 19 heavy (non-hydrogen) atoms. The van der Waals surface area contributed by atoms with Gasteiger partial charge in [-0.25, -0.2) is 0 Å². The van der Waals surface area contributed by atoms with E-state index in [-0.39, 0.29) is 0 Å². The first-order valence-electron chi connectivity index (χ1n) is 6.27. The van der Waals surface area contributed by atoms with Gasteiger partial charge in [0, 0.05) is 18.8 Å². The van der Waals surface area contributed by atoms with Crippen LogP contribution in [-0.2, 0) is 13.1 Å². The van der Waals surface area contributed by atoms with Crippen LogP contribution in [0.25, 0.3) is 11.1 Å². The number of nitrogens with zero attached hydrogens (tertiary/aromatic N) is 2. The Balaban J connectivity index is 1.72. The Kier molecular flexibility index (Phi) is 2.06. The van der Waals surface area contributed by atoms with Crippen molar-refractivity contribution >= 4 is 22.8 Å². The van der Waals surface area contributed by atoms with E-state index < -0.39 is 0 Å². The largest absolute Gasteiger partial charge is 0.423 e. The monoisotopic (exact) mass is 251 g/mol. The zero-order chi connectivity index (χ0) is 12.8. The molecule has 0 bridgehead atoms. The number of nitrogens with two attached hydrogens (primary N) is 1. The molecule has 0 atom stereocenters. The maximum atomic E-state index is 5.82. The van der Waals surface area contributed by atoms with E-state index in [2.05, 4.69) is 16.0 Å². The molecule has 94 valence electrons. The third-order valence-electron chi connectivity index (χ3n) is 3.51. The fraction of sp³-hybridized carbons (Fsp3) is 0.133. The van der Waals surface area contributed by atoms with Crippen LogP contribution in [0.1, 0.15) is 11.1 Å². The number of fused-ring (bicyclic) bond motifs is 2. The summed E-state index contributed by atoms with van der Waals surface area (Å²) in [4.78, 5) is 6.66. The van der Waals surface area contributed by atoms with Crippen LogP contribution in [-0.4, -0.2) is 4.98 Å². The molecule has 4 nitrogen and oxygen atoms in total. The molecule has 2 aromatic carbocycles. The van der Waals surface area contributed by atoms with Gasteiger partial charge in [0.05, 0.1) is 0 Å². The summed E-state index contributed by atoms with van der Waals surface area (Å²) >= 11 is 0. The summed E-state index contributed by atoms with van der Waals surface area (Å²) in [5.41, 5.74) is 10.9. The number of hydrogen-bond acceptors (Lipinski definition) is 4. The Morgan fingerprint density at radius 3 is 2.79 bits per heavy atom. The van der Waals surface area contributed by atoms with Gasteiger partial charge < -0.3 is 15.1 Å². The quantitative estimate of drug-likeness (QED) is 0.676. The van der Waals surface area contributed by atoms with Crippen LogP contribution in [0, 0.1) is 0 Å². The van der Waals surface area contributed by atoms with Gasteiger partial charge in [0.25, 0.3) is 6.01 Å². The van der Waals surface area contributed by atoms with Gasteiger partial charge in [0.2, 0.25) is 0 Å².